The summed E-state index contributed by atoms with van der Waals surface area (Å²) in [5.41, 5.74) is -4.85. The monoisotopic (exact) mass is 433 g/mol. The highest BCUT2D eigenvalue weighted by atomic mass is 35.5. The van der Waals surface area contributed by atoms with Gasteiger partial charge in [0.2, 0.25) is 0 Å². The van der Waals surface area contributed by atoms with Gasteiger partial charge in [0, 0.05) is 12.7 Å². The molecule has 0 bridgehead atoms. The largest absolute Gasteiger partial charge is 0.501 e. The number of urea groups is 1. The van der Waals surface area contributed by atoms with Crippen molar-refractivity contribution in [2.45, 2.75) is 16.9 Å². The number of benzene rings is 1. The number of rotatable bonds is 4. The maximum absolute atomic E-state index is 12.6. The summed E-state index contributed by atoms with van der Waals surface area (Å²) in [6.45, 7) is -0.175. The fourth-order valence-electron chi connectivity index (χ4n) is 2.60. The third-order valence-electron chi connectivity index (χ3n) is 3.91. The molecule has 12 heteroatoms. The number of nitrogens with zero attached hydrogens (tertiary/aromatic N) is 3. The third-order valence-corrected chi connectivity index (χ3v) is 5.62. The first kappa shape index (κ1) is 20.1. The van der Waals surface area contributed by atoms with Gasteiger partial charge in [-0.15, -0.1) is 0 Å². The first-order valence-electron chi connectivity index (χ1n) is 7.64. The highest BCUT2D eigenvalue weighted by Crippen LogP contribution is 2.32. The van der Waals surface area contributed by atoms with Crippen molar-refractivity contribution >= 4 is 39.1 Å². The van der Waals surface area contributed by atoms with Gasteiger partial charge in [0.1, 0.15) is 11.7 Å². The number of imide groups is 1. The van der Waals surface area contributed by atoms with E-state index in [-0.39, 0.29) is 23.9 Å². The maximum atomic E-state index is 12.6. The van der Waals surface area contributed by atoms with Gasteiger partial charge in [0.25, 0.3) is 15.7 Å². The molecule has 2 heterocycles. The number of hydrogen-bond acceptors (Lipinski definition) is 5. The minimum atomic E-state index is -5.52. The number of halogens is 4. The second kappa shape index (κ2) is 7.06. The molecule has 1 aromatic heterocycles. The molecule has 2 aromatic rings. The average Bonchev–Trinajstić information content (AvgIpc) is 2.87. The summed E-state index contributed by atoms with van der Waals surface area (Å²) in [5.74, 6) is -0.600. The normalized spacial score (nSPS) is 15.4. The molecule has 28 heavy (non-hydrogen) atoms. The Kier molecular flexibility index (Phi) is 5.06. The Hall–Kier alpha value is -2.66. The first-order chi connectivity index (χ1) is 13.0. The molecule has 3 amide bonds. The molecular formula is C16H11ClF3N3O4S. The van der Waals surface area contributed by atoms with Crippen LogP contribution in [0.2, 0.25) is 5.15 Å². The number of pyridine rings is 1. The van der Waals surface area contributed by atoms with E-state index in [0.29, 0.717) is 17.7 Å². The van der Waals surface area contributed by atoms with E-state index in [1.165, 1.54) is 17.2 Å². The first-order valence-corrected chi connectivity index (χ1v) is 9.50. The zero-order valence-corrected chi connectivity index (χ0v) is 15.4. The van der Waals surface area contributed by atoms with Gasteiger partial charge in [0.15, 0.2) is 0 Å². The second-order valence-corrected chi connectivity index (χ2v) is 8.13. The summed E-state index contributed by atoms with van der Waals surface area (Å²) in [4.78, 5) is 29.6. The summed E-state index contributed by atoms with van der Waals surface area (Å²) >= 11 is 5.78. The molecular weight excluding hydrogens is 423 g/mol. The molecule has 1 fully saturated rings. The van der Waals surface area contributed by atoms with Crippen molar-refractivity contribution in [1.82, 2.24) is 9.88 Å². The van der Waals surface area contributed by atoms with Crippen molar-refractivity contribution in [3.05, 3.63) is 53.3 Å². The lowest BCUT2D eigenvalue weighted by Gasteiger charge is -2.17. The highest BCUT2D eigenvalue weighted by molar-refractivity contribution is 7.92. The molecule has 0 aliphatic carbocycles. The van der Waals surface area contributed by atoms with E-state index in [4.69, 9.17) is 11.6 Å². The van der Waals surface area contributed by atoms with E-state index in [9.17, 15) is 31.2 Å². The standard InChI is InChI=1S/C16H11ClF3N3O4S/c17-13-7-10(5-6-21-13)8-22-9-14(24)23(15(22)25)11-1-3-12(4-2-11)28(26,27)16(18,19)20/h1-7H,8-9H2. The summed E-state index contributed by atoms with van der Waals surface area (Å²) in [6, 6.07) is 5.79. The number of carbonyl (C=O) groups excluding carboxylic acids is 2. The fourth-order valence-corrected chi connectivity index (χ4v) is 3.56. The second-order valence-electron chi connectivity index (χ2n) is 5.80. The summed E-state index contributed by atoms with van der Waals surface area (Å²) in [6.07, 6.45) is 1.44. The molecule has 1 saturated heterocycles. The Morgan fingerprint density at radius 3 is 2.32 bits per heavy atom. The molecule has 0 saturated carbocycles. The minimum absolute atomic E-state index is 0.0358. The van der Waals surface area contributed by atoms with Gasteiger partial charge in [-0.05, 0) is 42.0 Å². The van der Waals surface area contributed by atoms with Gasteiger partial charge in [-0.1, -0.05) is 11.6 Å². The fraction of sp³-hybridized carbons (Fsp3) is 0.188. The van der Waals surface area contributed by atoms with Gasteiger partial charge in [-0.3, -0.25) is 4.79 Å². The minimum Gasteiger partial charge on any atom is -0.310 e. The van der Waals surface area contributed by atoms with Gasteiger partial charge in [0.05, 0.1) is 10.6 Å². The van der Waals surface area contributed by atoms with E-state index >= 15 is 0 Å². The summed E-state index contributed by atoms with van der Waals surface area (Å²) in [7, 11) is -5.52. The number of sulfone groups is 1. The number of hydrogen-bond donors (Lipinski definition) is 0. The van der Waals surface area contributed by atoms with Crippen LogP contribution in [0.1, 0.15) is 5.56 Å². The molecule has 0 atom stereocenters. The molecule has 0 spiro atoms. The predicted molar refractivity (Wildman–Crippen MR) is 92.2 cm³/mol. The molecule has 7 nitrogen and oxygen atoms in total. The Morgan fingerprint density at radius 1 is 1.11 bits per heavy atom. The van der Waals surface area contributed by atoms with Crippen LogP contribution < -0.4 is 4.90 Å². The van der Waals surface area contributed by atoms with Gasteiger partial charge < -0.3 is 4.90 Å². The number of aromatic nitrogens is 1. The SMILES string of the molecule is O=C1CN(Cc2ccnc(Cl)c2)C(=O)N1c1ccc(S(=O)(=O)C(F)(F)F)cc1. The van der Waals surface area contributed by atoms with Crippen molar-refractivity contribution in [2.24, 2.45) is 0 Å². The van der Waals surface area contributed by atoms with Crippen molar-refractivity contribution in [1.29, 1.82) is 0 Å². The summed E-state index contributed by atoms with van der Waals surface area (Å²) in [5, 5.41) is 0.216. The smallest absolute Gasteiger partial charge is 0.310 e. The quantitative estimate of drug-likeness (QED) is 0.546. The van der Waals surface area contributed by atoms with Crippen LogP contribution in [-0.2, 0) is 21.2 Å². The number of anilines is 1. The van der Waals surface area contributed by atoms with Gasteiger partial charge in [-0.25, -0.2) is 23.1 Å². The number of carbonyl (C=O) groups is 2. The highest BCUT2D eigenvalue weighted by Gasteiger charge is 2.47. The number of amides is 3. The Labute approximate surface area is 162 Å². The van der Waals surface area contributed by atoms with Gasteiger partial charge >= 0.3 is 11.5 Å². The molecule has 0 unspecified atom stereocenters. The molecule has 148 valence electrons. The van der Waals surface area contributed by atoms with Crippen molar-refractivity contribution in [2.75, 3.05) is 11.4 Å². The lowest BCUT2D eigenvalue weighted by Crippen LogP contribution is -2.32. The molecule has 1 aliphatic rings. The molecule has 1 aliphatic heterocycles. The van der Waals surface area contributed by atoms with Crippen LogP contribution >= 0.6 is 11.6 Å². The van der Waals surface area contributed by atoms with Crippen LogP contribution in [0.15, 0.2) is 47.5 Å². The van der Waals surface area contributed by atoms with Gasteiger partial charge in [-0.2, -0.15) is 13.2 Å². The zero-order chi connectivity index (χ0) is 20.7. The van der Waals surface area contributed by atoms with E-state index in [1.54, 1.807) is 6.07 Å². The van der Waals surface area contributed by atoms with E-state index in [0.717, 1.165) is 17.0 Å². The van der Waals surface area contributed by atoms with E-state index < -0.39 is 32.2 Å². The van der Waals surface area contributed by atoms with Crippen LogP contribution in [0.4, 0.5) is 23.7 Å². The predicted octanol–water partition coefficient (Wildman–Crippen LogP) is 3.00. The Balaban J connectivity index is 1.82. The van der Waals surface area contributed by atoms with Crippen LogP contribution in [0.5, 0.6) is 0 Å². The lowest BCUT2D eigenvalue weighted by molar-refractivity contribution is -0.116. The molecule has 3 rings (SSSR count). The average molecular weight is 434 g/mol. The molecule has 1 aromatic carbocycles. The van der Waals surface area contributed by atoms with Crippen molar-refractivity contribution in [3.8, 4) is 0 Å². The Bertz CT molecular complexity index is 1040. The molecule has 0 N–H and O–H groups in total. The lowest BCUT2D eigenvalue weighted by atomic mass is 10.2. The van der Waals surface area contributed by atoms with Crippen molar-refractivity contribution < 1.29 is 31.2 Å². The van der Waals surface area contributed by atoms with E-state index in [2.05, 4.69) is 4.98 Å². The topological polar surface area (TPSA) is 87.7 Å². The van der Waals surface area contributed by atoms with Crippen LogP contribution in [0.3, 0.4) is 0 Å². The van der Waals surface area contributed by atoms with E-state index in [1.807, 2.05) is 0 Å². The zero-order valence-electron chi connectivity index (χ0n) is 13.9. The number of alkyl halides is 3. The van der Waals surface area contributed by atoms with Crippen LogP contribution in [0, 0.1) is 0 Å². The van der Waals surface area contributed by atoms with Crippen molar-refractivity contribution in [3.63, 3.8) is 0 Å². The summed E-state index contributed by atoms with van der Waals surface area (Å²) < 4.78 is 60.6. The van der Waals surface area contributed by atoms with Crippen LogP contribution in [0.25, 0.3) is 0 Å². The Morgan fingerprint density at radius 2 is 1.75 bits per heavy atom. The van der Waals surface area contributed by atoms with Crippen LogP contribution in [-0.4, -0.2) is 42.3 Å². The molecule has 0 radical (unpaired) electrons. The maximum Gasteiger partial charge on any atom is 0.501 e. The third kappa shape index (κ3) is 3.67.